The lowest BCUT2D eigenvalue weighted by atomic mass is 9.81. The van der Waals surface area contributed by atoms with Crippen LogP contribution < -0.4 is 5.32 Å². The van der Waals surface area contributed by atoms with Gasteiger partial charge in [-0.15, -0.1) is 0 Å². The van der Waals surface area contributed by atoms with E-state index in [0.29, 0.717) is 39.1 Å². The summed E-state index contributed by atoms with van der Waals surface area (Å²) in [5, 5.41) is 3.01. The fourth-order valence-corrected chi connectivity index (χ4v) is 2.86. The van der Waals surface area contributed by atoms with Gasteiger partial charge in [-0.25, -0.2) is 0 Å². The number of amides is 2. The van der Waals surface area contributed by atoms with E-state index in [4.69, 9.17) is 4.74 Å². The summed E-state index contributed by atoms with van der Waals surface area (Å²) < 4.78 is 5.29. The van der Waals surface area contributed by atoms with Gasteiger partial charge in [-0.2, -0.15) is 0 Å². The second kappa shape index (κ2) is 6.60. The number of hydrogen-bond acceptors (Lipinski definition) is 3. The SMILES string of the molecule is CC(C)(C)NC(=O)C1CC=CCC1C(=O)N1CCOCC1. The largest absolute Gasteiger partial charge is 0.378 e. The van der Waals surface area contributed by atoms with Crippen molar-refractivity contribution in [1.82, 2.24) is 10.2 Å². The molecule has 2 amide bonds. The van der Waals surface area contributed by atoms with Crippen LogP contribution in [-0.2, 0) is 14.3 Å². The molecule has 2 atom stereocenters. The molecule has 1 heterocycles. The number of ether oxygens (including phenoxy) is 1. The quantitative estimate of drug-likeness (QED) is 0.782. The molecule has 1 aliphatic heterocycles. The molecule has 0 saturated carbocycles. The number of nitrogens with one attached hydrogen (secondary N) is 1. The Morgan fingerprint density at radius 1 is 1.10 bits per heavy atom. The molecule has 1 aliphatic carbocycles. The molecule has 5 nitrogen and oxygen atoms in total. The molecule has 1 fully saturated rings. The molecular weight excluding hydrogens is 268 g/mol. The van der Waals surface area contributed by atoms with E-state index in [1.807, 2.05) is 37.8 Å². The summed E-state index contributed by atoms with van der Waals surface area (Å²) in [4.78, 5) is 27.0. The van der Waals surface area contributed by atoms with Crippen LogP contribution in [0.25, 0.3) is 0 Å². The van der Waals surface area contributed by atoms with E-state index >= 15 is 0 Å². The number of carbonyl (C=O) groups is 2. The van der Waals surface area contributed by atoms with Crippen molar-refractivity contribution in [3.8, 4) is 0 Å². The van der Waals surface area contributed by atoms with Crippen molar-refractivity contribution in [3.63, 3.8) is 0 Å². The van der Waals surface area contributed by atoms with Crippen molar-refractivity contribution < 1.29 is 14.3 Å². The van der Waals surface area contributed by atoms with Gasteiger partial charge >= 0.3 is 0 Å². The minimum absolute atomic E-state index is 0.0153. The molecule has 0 aromatic heterocycles. The lowest BCUT2D eigenvalue weighted by molar-refractivity contribution is -0.145. The van der Waals surface area contributed by atoms with E-state index in [1.54, 1.807) is 0 Å². The van der Waals surface area contributed by atoms with Gasteiger partial charge in [0.25, 0.3) is 0 Å². The van der Waals surface area contributed by atoms with Gasteiger partial charge in [0.15, 0.2) is 0 Å². The van der Waals surface area contributed by atoms with Crippen LogP contribution in [0, 0.1) is 11.8 Å². The Morgan fingerprint density at radius 2 is 1.67 bits per heavy atom. The second-order valence-electron chi connectivity index (χ2n) is 6.83. The zero-order valence-corrected chi connectivity index (χ0v) is 13.2. The number of allylic oxidation sites excluding steroid dienone is 2. The van der Waals surface area contributed by atoms with Crippen LogP contribution in [0.2, 0.25) is 0 Å². The molecule has 2 unspecified atom stereocenters. The average Bonchev–Trinajstić information content (AvgIpc) is 2.45. The molecule has 1 saturated heterocycles. The van der Waals surface area contributed by atoms with E-state index in [2.05, 4.69) is 5.32 Å². The molecular formula is C16H26N2O3. The molecule has 0 spiro atoms. The van der Waals surface area contributed by atoms with Gasteiger partial charge in [-0.1, -0.05) is 12.2 Å². The van der Waals surface area contributed by atoms with Crippen LogP contribution in [-0.4, -0.2) is 48.6 Å². The van der Waals surface area contributed by atoms with Crippen molar-refractivity contribution in [1.29, 1.82) is 0 Å². The minimum Gasteiger partial charge on any atom is -0.378 e. The van der Waals surface area contributed by atoms with Gasteiger partial charge in [-0.05, 0) is 33.6 Å². The predicted molar refractivity (Wildman–Crippen MR) is 80.6 cm³/mol. The number of hydrogen-bond donors (Lipinski definition) is 1. The normalized spacial score (nSPS) is 26.5. The predicted octanol–water partition coefficient (Wildman–Crippen LogP) is 1.34. The lowest BCUT2D eigenvalue weighted by Gasteiger charge is -2.35. The highest BCUT2D eigenvalue weighted by Gasteiger charge is 2.37. The topological polar surface area (TPSA) is 58.6 Å². The van der Waals surface area contributed by atoms with Crippen LogP contribution in [0.5, 0.6) is 0 Å². The molecule has 0 radical (unpaired) electrons. The van der Waals surface area contributed by atoms with Gasteiger partial charge in [0.2, 0.25) is 11.8 Å². The summed E-state index contributed by atoms with van der Waals surface area (Å²) in [5.74, 6) is -0.421. The van der Waals surface area contributed by atoms with Gasteiger partial charge < -0.3 is 15.0 Å². The first kappa shape index (κ1) is 16.0. The summed E-state index contributed by atoms with van der Waals surface area (Å²) in [5.41, 5.74) is -0.273. The highest BCUT2D eigenvalue weighted by molar-refractivity contribution is 5.88. The molecule has 0 bridgehead atoms. The minimum atomic E-state index is -0.273. The molecule has 2 aliphatic rings. The second-order valence-corrected chi connectivity index (χ2v) is 6.83. The maximum absolute atomic E-state index is 12.7. The van der Waals surface area contributed by atoms with Gasteiger partial charge in [0.05, 0.1) is 25.0 Å². The highest BCUT2D eigenvalue weighted by Crippen LogP contribution is 2.28. The van der Waals surface area contributed by atoms with Crippen LogP contribution in [0.15, 0.2) is 12.2 Å². The van der Waals surface area contributed by atoms with Crippen LogP contribution in [0.1, 0.15) is 33.6 Å². The fraction of sp³-hybridized carbons (Fsp3) is 0.750. The summed E-state index contributed by atoms with van der Waals surface area (Å²) in [6.45, 7) is 8.33. The number of morpholine rings is 1. The first-order valence-corrected chi connectivity index (χ1v) is 7.72. The monoisotopic (exact) mass is 294 g/mol. The number of rotatable bonds is 2. The smallest absolute Gasteiger partial charge is 0.226 e. The zero-order chi connectivity index (χ0) is 15.5. The van der Waals surface area contributed by atoms with Crippen molar-refractivity contribution in [2.24, 2.45) is 11.8 Å². The molecule has 118 valence electrons. The van der Waals surface area contributed by atoms with Crippen molar-refractivity contribution in [2.75, 3.05) is 26.3 Å². The molecule has 1 N–H and O–H groups in total. The standard InChI is InChI=1S/C16H26N2O3/c1-16(2,3)17-14(19)12-6-4-5-7-13(12)15(20)18-8-10-21-11-9-18/h4-5,12-13H,6-11H2,1-3H3,(H,17,19). The van der Waals surface area contributed by atoms with Gasteiger partial charge in [-0.3, -0.25) is 9.59 Å². The molecule has 5 heteroatoms. The molecule has 0 aromatic carbocycles. The first-order chi connectivity index (χ1) is 9.88. The molecule has 21 heavy (non-hydrogen) atoms. The summed E-state index contributed by atoms with van der Waals surface area (Å²) in [7, 11) is 0. The van der Waals surface area contributed by atoms with Gasteiger partial charge in [0.1, 0.15) is 0 Å². The maximum atomic E-state index is 12.7. The van der Waals surface area contributed by atoms with Crippen molar-refractivity contribution >= 4 is 11.8 Å². The Kier molecular flexibility index (Phi) is 5.04. The van der Waals surface area contributed by atoms with E-state index in [1.165, 1.54) is 0 Å². The van der Waals surface area contributed by atoms with Crippen LogP contribution >= 0.6 is 0 Å². The summed E-state index contributed by atoms with van der Waals surface area (Å²) in [6.07, 6.45) is 5.32. The third-order valence-electron chi connectivity index (χ3n) is 3.91. The Bertz CT molecular complexity index is 420. The molecule has 0 aromatic rings. The zero-order valence-electron chi connectivity index (χ0n) is 13.2. The first-order valence-electron chi connectivity index (χ1n) is 7.72. The third kappa shape index (κ3) is 4.30. The Balaban J connectivity index is 2.06. The van der Waals surface area contributed by atoms with E-state index in [-0.39, 0.29) is 29.2 Å². The molecule has 2 rings (SSSR count). The Labute approximate surface area is 126 Å². The summed E-state index contributed by atoms with van der Waals surface area (Å²) in [6, 6.07) is 0. The van der Waals surface area contributed by atoms with Gasteiger partial charge in [0, 0.05) is 18.6 Å². The highest BCUT2D eigenvalue weighted by atomic mass is 16.5. The van der Waals surface area contributed by atoms with Crippen LogP contribution in [0.4, 0.5) is 0 Å². The van der Waals surface area contributed by atoms with E-state index < -0.39 is 0 Å². The average molecular weight is 294 g/mol. The number of carbonyl (C=O) groups excluding carboxylic acids is 2. The Morgan fingerprint density at radius 3 is 2.24 bits per heavy atom. The van der Waals surface area contributed by atoms with Crippen molar-refractivity contribution in [2.45, 2.75) is 39.2 Å². The van der Waals surface area contributed by atoms with E-state index in [9.17, 15) is 9.59 Å². The van der Waals surface area contributed by atoms with Crippen molar-refractivity contribution in [3.05, 3.63) is 12.2 Å². The lowest BCUT2D eigenvalue weighted by Crippen LogP contribution is -2.50. The van der Waals surface area contributed by atoms with Crippen LogP contribution in [0.3, 0.4) is 0 Å². The third-order valence-corrected chi connectivity index (χ3v) is 3.91. The Hall–Kier alpha value is -1.36. The number of nitrogens with zero attached hydrogens (tertiary/aromatic N) is 1. The summed E-state index contributed by atoms with van der Waals surface area (Å²) >= 11 is 0. The fourth-order valence-electron chi connectivity index (χ4n) is 2.86. The maximum Gasteiger partial charge on any atom is 0.226 e. The van der Waals surface area contributed by atoms with E-state index in [0.717, 1.165) is 0 Å².